The maximum absolute atomic E-state index is 11.0. The van der Waals surface area contributed by atoms with E-state index >= 15 is 0 Å². The monoisotopic (exact) mass is 201 g/mol. The summed E-state index contributed by atoms with van der Waals surface area (Å²) >= 11 is 0. The predicted molar refractivity (Wildman–Crippen MR) is 55.7 cm³/mol. The second kappa shape index (κ2) is 2.82. The van der Waals surface area contributed by atoms with Crippen LogP contribution in [0.25, 0.3) is 0 Å². The Hall–Kier alpha value is -1.84. The summed E-state index contributed by atoms with van der Waals surface area (Å²) in [6.07, 6.45) is 2.11. The van der Waals surface area contributed by atoms with Crippen LogP contribution in [0.4, 0.5) is 0 Å². The first kappa shape index (κ1) is 8.47. The molecular formula is C11H11N3O. The summed E-state index contributed by atoms with van der Waals surface area (Å²) < 4.78 is 0. The molecule has 1 aromatic heterocycles. The lowest BCUT2D eigenvalue weighted by molar-refractivity contribution is 0.761. The summed E-state index contributed by atoms with van der Waals surface area (Å²) in [5, 5.41) is 6.46. The molecular weight excluding hydrogens is 190 g/mol. The summed E-state index contributed by atoms with van der Waals surface area (Å²) in [7, 11) is 0. The van der Waals surface area contributed by atoms with Gasteiger partial charge in [-0.2, -0.15) is 5.10 Å². The van der Waals surface area contributed by atoms with Gasteiger partial charge in [-0.15, -0.1) is 0 Å². The number of H-pyrrole nitrogens is 2. The quantitative estimate of drug-likeness (QED) is 0.766. The molecule has 2 N–H and O–H groups in total. The maximum atomic E-state index is 11.0. The molecule has 2 aromatic rings. The number of nitrogens with one attached hydrogen (secondary N) is 2. The van der Waals surface area contributed by atoms with Crippen molar-refractivity contribution < 1.29 is 0 Å². The van der Waals surface area contributed by atoms with Crippen molar-refractivity contribution in [3.63, 3.8) is 0 Å². The Morgan fingerprint density at radius 3 is 2.47 bits per heavy atom. The third-order valence-corrected chi connectivity index (χ3v) is 3.03. The summed E-state index contributed by atoms with van der Waals surface area (Å²) in [6.45, 7) is 0. The van der Waals surface area contributed by atoms with Crippen molar-refractivity contribution in [1.82, 2.24) is 15.2 Å². The van der Waals surface area contributed by atoms with Crippen LogP contribution in [-0.2, 0) is 5.41 Å². The zero-order valence-electron chi connectivity index (χ0n) is 8.16. The summed E-state index contributed by atoms with van der Waals surface area (Å²) in [6, 6.07) is 10.2. The van der Waals surface area contributed by atoms with Crippen molar-refractivity contribution in [2.75, 3.05) is 0 Å². The topological polar surface area (TPSA) is 61.5 Å². The van der Waals surface area contributed by atoms with Gasteiger partial charge in [-0.3, -0.25) is 4.98 Å². The molecule has 0 saturated heterocycles. The minimum absolute atomic E-state index is 0.0413. The molecule has 3 rings (SSSR count). The lowest BCUT2D eigenvalue weighted by Crippen LogP contribution is -2.12. The van der Waals surface area contributed by atoms with E-state index in [0.29, 0.717) is 0 Å². The molecule has 0 amide bonds. The fourth-order valence-corrected chi connectivity index (χ4v) is 2.04. The Bertz CT molecular complexity index is 522. The van der Waals surface area contributed by atoms with Crippen molar-refractivity contribution in [2.45, 2.75) is 18.3 Å². The first-order valence-corrected chi connectivity index (χ1v) is 5.02. The second-order valence-electron chi connectivity index (χ2n) is 3.97. The molecule has 1 saturated carbocycles. The van der Waals surface area contributed by atoms with Crippen LogP contribution in [0.3, 0.4) is 0 Å². The van der Waals surface area contributed by atoms with Gasteiger partial charge in [-0.1, -0.05) is 30.3 Å². The normalized spacial score (nSPS) is 17.6. The first-order valence-electron chi connectivity index (χ1n) is 5.02. The molecule has 1 aliphatic rings. The van der Waals surface area contributed by atoms with Crippen LogP contribution in [0.5, 0.6) is 0 Å². The zero-order chi connectivity index (χ0) is 10.3. The molecule has 0 radical (unpaired) electrons. The highest BCUT2D eigenvalue weighted by Crippen LogP contribution is 2.51. The highest BCUT2D eigenvalue weighted by molar-refractivity contribution is 5.38. The average Bonchev–Trinajstić information content (AvgIpc) is 2.98. The van der Waals surface area contributed by atoms with E-state index < -0.39 is 0 Å². The maximum Gasteiger partial charge on any atom is 0.340 e. The second-order valence-corrected chi connectivity index (χ2v) is 3.97. The van der Waals surface area contributed by atoms with Gasteiger partial charge in [0.1, 0.15) is 5.82 Å². The predicted octanol–water partition coefficient (Wildman–Crippen LogP) is 1.18. The van der Waals surface area contributed by atoms with E-state index in [9.17, 15) is 4.79 Å². The van der Waals surface area contributed by atoms with Gasteiger partial charge >= 0.3 is 5.69 Å². The van der Waals surface area contributed by atoms with E-state index in [4.69, 9.17) is 0 Å². The standard InChI is InChI=1S/C11H11N3O/c15-10-12-9(13-14-10)11(6-7-11)8-4-2-1-3-5-8/h1-5H,6-7H2,(H2,12,13,14,15). The molecule has 4 nitrogen and oxygen atoms in total. The molecule has 1 aliphatic carbocycles. The van der Waals surface area contributed by atoms with Gasteiger partial charge in [-0.25, -0.2) is 9.89 Å². The van der Waals surface area contributed by atoms with E-state index in [1.807, 2.05) is 18.2 Å². The SMILES string of the molecule is O=c1[nH]nc(C2(c3ccccc3)CC2)[nH]1. The van der Waals surface area contributed by atoms with Crippen molar-refractivity contribution in [3.8, 4) is 0 Å². The minimum Gasteiger partial charge on any atom is -0.292 e. The van der Waals surface area contributed by atoms with Crippen molar-refractivity contribution >= 4 is 0 Å². The van der Waals surface area contributed by atoms with E-state index in [-0.39, 0.29) is 11.1 Å². The fourth-order valence-electron chi connectivity index (χ4n) is 2.04. The molecule has 0 aliphatic heterocycles. The molecule has 4 heteroatoms. The Balaban J connectivity index is 2.09. The number of rotatable bonds is 2. The molecule has 0 atom stereocenters. The van der Waals surface area contributed by atoms with E-state index in [0.717, 1.165) is 18.7 Å². The Labute approximate surface area is 86.4 Å². The molecule has 0 unspecified atom stereocenters. The summed E-state index contributed by atoms with van der Waals surface area (Å²) in [5.74, 6) is 0.763. The molecule has 0 bridgehead atoms. The number of benzene rings is 1. The van der Waals surface area contributed by atoms with Gasteiger partial charge < -0.3 is 0 Å². The van der Waals surface area contributed by atoms with Crippen LogP contribution in [-0.4, -0.2) is 15.2 Å². The largest absolute Gasteiger partial charge is 0.340 e. The van der Waals surface area contributed by atoms with E-state index in [1.54, 1.807) is 0 Å². The highest BCUT2D eigenvalue weighted by Gasteiger charge is 2.48. The molecule has 1 fully saturated rings. The number of nitrogens with zero attached hydrogens (tertiary/aromatic N) is 1. The number of aromatic nitrogens is 3. The van der Waals surface area contributed by atoms with Crippen molar-refractivity contribution in [1.29, 1.82) is 0 Å². The van der Waals surface area contributed by atoms with E-state index in [1.165, 1.54) is 5.56 Å². The van der Waals surface area contributed by atoms with Crippen LogP contribution in [0.15, 0.2) is 35.1 Å². The zero-order valence-corrected chi connectivity index (χ0v) is 8.16. The lowest BCUT2D eigenvalue weighted by Gasteiger charge is -2.11. The number of aromatic amines is 2. The number of hydrogen-bond donors (Lipinski definition) is 2. The van der Waals surface area contributed by atoms with Crippen molar-refractivity contribution in [2.24, 2.45) is 0 Å². The van der Waals surface area contributed by atoms with Crippen molar-refractivity contribution in [3.05, 3.63) is 52.2 Å². The van der Waals surface area contributed by atoms with Crippen LogP contribution in [0, 0.1) is 0 Å². The average molecular weight is 201 g/mol. The Morgan fingerprint density at radius 2 is 1.93 bits per heavy atom. The van der Waals surface area contributed by atoms with Gasteiger partial charge in [0.25, 0.3) is 0 Å². The third kappa shape index (κ3) is 1.21. The van der Waals surface area contributed by atoms with Gasteiger partial charge in [0.15, 0.2) is 0 Å². The summed E-state index contributed by atoms with van der Waals surface area (Å²) in [4.78, 5) is 13.8. The molecule has 1 aromatic carbocycles. The number of hydrogen-bond acceptors (Lipinski definition) is 2. The molecule has 1 heterocycles. The van der Waals surface area contributed by atoms with Gasteiger partial charge in [0, 0.05) is 0 Å². The summed E-state index contributed by atoms with van der Waals surface area (Å²) in [5.41, 5.74) is 0.959. The van der Waals surface area contributed by atoms with Gasteiger partial charge in [0.2, 0.25) is 0 Å². The first-order chi connectivity index (χ1) is 7.31. The van der Waals surface area contributed by atoms with E-state index in [2.05, 4.69) is 27.3 Å². The fraction of sp³-hybridized carbons (Fsp3) is 0.273. The van der Waals surface area contributed by atoms with Crippen LogP contribution in [0.2, 0.25) is 0 Å². The Kier molecular flexibility index (Phi) is 1.59. The minimum atomic E-state index is -0.229. The van der Waals surface area contributed by atoms with Gasteiger partial charge in [-0.05, 0) is 18.4 Å². The lowest BCUT2D eigenvalue weighted by atomic mass is 9.95. The Morgan fingerprint density at radius 1 is 1.20 bits per heavy atom. The highest BCUT2D eigenvalue weighted by atomic mass is 16.1. The van der Waals surface area contributed by atoms with Gasteiger partial charge in [0.05, 0.1) is 5.41 Å². The van der Waals surface area contributed by atoms with Crippen LogP contribution in [0.1, 0.15) is 24.2 Å². The van der Waals surface area contributed by atoms with Crippen LogP contribution >= 0.6 is 0 Å². The molecule has 0 spiro atoms. The molecule has 76 valence electrons. The third-order valence-electron chi connectivity index (χ3n) is 3.03. The molecule has 15 heavy (non-hydrogen) atoms. The van der Waals surface area contributed by atoms with Crippen LogP contribution < -0.4 is 5.69 Å². The smallest absolute Gasteiger partial charge is 0.292 e.